The lowest BCUT2D eigenvalue weighted by Crippen LogP contribution is -2.48. The van der Waals surface area contributed by atoms with Crippen LogP contribution in [0.25, 0.3) is 0 Å². The van der Waals surface area contributed by atoms with Crippen molar-refractivity contribution >= 4 is 0 Å². The van der Waals surface area contributed by atoms with Gasteiger partial charge in [-0.2, -0.15) is 0 Å². The Balaban J connectivity index is 1.45. The molecule has 0 aromatic heterocycles. The van der Waals surface area contributed by atoms with Gasteiger partial charge in [0, 0.05) is 31.2 Å². The maximum Gasteiger partial charge on any atom is 0.0249 e. The second-order valence-electron chi connectivity index (χ2n) is 6.49. The summed E-state index contributed by atoms with van der Waals surface area (Å²) in [7, 11) is 0. The standard InChI is InChI=1S/C15H29N3/c1-13(17-8-4-5-9-17)12-16-14-7-11-18-10-3-2-6-15(14)18/h13-16H,2-12H2,1H3. The molecular formula is C15H29N3. The molecule has 104 valence electrons. The minimum atomic E-state index is 0.727. The molecular weight excluding hydrogens is 222 g/mol. The van der Waals surface area contributed by atoms with Gasteiger partial charge < -0.3 is 5.32 Å². The predicted molar refractivity (Wildman–Crippen MR) is 75.9 cm³/mol. The summed E-state index contributed by atoms with van der Waals surface area (Å²) in [5.41, 5.74) is 0. The zero-order chi connectivity index (χ0) is 12.4. The third-order valence-corrected chi connectivity index (χ3v) is 5.30. The number of likely N-dealkylation sites (tertiary alicyclic amines) is 1. The van der Waals surface area contributed by atoms with Gasteiger partial charge in [0.05, 0.1) is 0 Å². The van der Waals surface area contributed by atoms with E-state index in [-0.39, 0.29) is 0 Å². The third-order valence-electron chi connectivity index (χ3n) is 5.30. The minimum absolute atomic E-state index is 0.727. The van der Waals surface area contributed by atoms with Crippen LogP contribution in [-0.4, -0.2) is 60.6 Å². The summed E-state index contributed by atoms with van der Waals surface area (Å²) in [6.45, 7) is 8.91. The first-order valence-corrected chi connectivity index (χ1v) is 8.06. The van der Waals surface area contributed by atoms with Gasteiger partial charge in [-0.25, -0.2) is 0 Å². The summed E-state index contributed by atoms with van der Waals surface area (Å²) in [5, 5.41) is 3.87. The van der Waals surface area contributed by atoms with Crippen molar-refractivity contribution in [3.63, 3.8) is 0 Å². The largest absolute Gasteiger partial charge is 0.311 e. The molecule has 3 heterocycles. The molecule has 3 saturated heterocycles. The van der Waals surface area contributed by atoms with Gasteiger partial charge in [0.2, 0.25) is 0 Å². The van der Waals surface area contributed by atoms with Crippen LogP contribution in [-0.2, 0) is 0 Å². The van der Waals surface area contributed by atoms with E-state index >= 15 is 0 Å². The second-order valence-corrected chi connectivity index (χ2v) is 6.49. The van der Waals surface area contributed by atoms with E-state index in [1.54, 1.807) is 0 Å². The summed E-state index contributed by atoms with van der Waals surface area (Å²) in [6, 6.07) is 2.35. The van der Waals surface area contributed by atoms with Crippen LogP contribution < -0.4 is 5.32 Å². The monoisotopic (exact) mass is 251 g/mol. The van der Waals surface area contributed by atoms with E-state index in [9.17, 15) is 0 Å². The van der Waals surface area contributed by atoms with Gasteiger partial charge >= 0.3 is 0 Å². The zero-order valence-corrected chi connectivity index (χ0v) is 11.9. The molecule has 0 spiro atoms. The fourth-order valence-corrected chi connectivity index (χ4v) is 4.12. The third kappa shape index (κ3) is 2.73. The molecule has 0 aliphatic carbocycles. The number of fused-ring (bicyclic) bond motifs is 1. The summed E-state index contributed by atoms with van der Waals surface area (Å²) in [6.07, 6.45) is 8.48. The van der Waals surface area contributed by atoms with Gasteiger partial charge in [-0.1, -0.05) is 6.42 Å². The minimum Gasteiger partial charge on any atom is -0.311 e. The number of hydrogen-bond donors (Lipinski definition) is 1. The van der Waals surface area contributed by atoms with Gasteiger partial charge in [0.25, 0.3) is 0 Å². The van der Waals surface area contributed by atoms with E-state index in [2.05, 4.69) is 22.0 Å². The molecule has 3 aliphatic heterocycles. The Hall–Kier alpha value is -0.120. The van der Waals surface area contributed by atoms with Crippen molar-refractivity contribution in [2.24, 2.45) is 0 Å². The number of hydrogen-bond acceptors (Lipinski definition) is 3. The molecule has 0 aromatic rings. The highest BCUT2D eigenvalue weighted by Crippen LogP contribution is 2.27. The lowest BCUT2D eigenvalue weighted by Gasteiger charge is -2.34. The van der Waals surface area contributed by atoms with Crippen molar-refractivity contribution in [1.82, 2.24) is 15.1 Å². The molecule has 18 heavy (non-hydrogen) atoms. The van der Waals surface area contributed by atoms with Gasteiger partial charge in [0.15, 0.2) is 0 Å². The Labute approximate surface area is 112 Å². The quantitative estimate of drug-likeness (QED) is 0.820. The first-order valence-electron chi connectivity index (χ1n) is 8.06. The van der Waals surface area contributed by atoms with Crippen LogP contribution in [0.3, 0.4) is 0 Å². The fraction of sp³-hybridized carbons (Fsp3) is 1.00. The summed E-state index contributed by atoms with van der Waals surface area (Å²) in [4.78, 5) is 5.38. The smallest absolute Gasteiger partial charge is 0.0249 e. The fourth-order valence-electron chi connectivity index (χ4n) is 4.12. The zero-order valence-electron chi connectivity index (χ0n) is 11.9. The summed E-state index contributed by atoms with van der Waals surface area (Å²) < 4.78 is 0. The number of nitrogens with one attached hydrogen (secondary N) is 1. The van der Waals surface area contributed by atoms with Crippen LogP contribution in [0.5, 0.6) is 0 Å². The first-order chi connectivity index (χ1) is 8.84. The van der Waals surface area contributed by atoms with Crippen molar-refractivity contribution in [3.8, 4) is 0 Å². The Morgan fingerprint density at radius 1 is 1.00 bits per heavy atom. The van der Waals surface area contributed by atoms with E-state index < -0.39 is 0 Å². The molecule has 0 saturated carbocycles. The maximum absolute atomic E-state index is 3.87. The Kier molecular flexibility index (Phi) is 4.22. The second kappa shape index (κ2) is 5.89. The molecule has 0 amide bonds. The predicted octanol–water partition coefficient (Wildman–Crippen LogP) is 1.69. The highest BCUT2D eigenvalue weighted by Gasteiger charge is 2.35. The summed E-state index contributed by atoms with van der Waals surface area (Å²) >= 11 is 0. The van der Waals surface area contributed by atoms with Gasteiger partial charge in [-0.05, 0) is 58.7 Å². The highest BCUT2D eigenvalue weighted by atomic mass is 15.2. The van der Waals surface area contributed by atoms with Crippen LogP contribution in [0.4, 0.5) is 0 Å². The van der Waals surface area contributed by atoms with E-state index in [1.807, 2.05) is 0 Å². The molecule has 3 fully saturated rings. The van der Waals surface area contributed by atoms with Crippen LogP contribution in [0, 0.1) is 0 Å². The molecule has 0 bridgehead atoms. The average molecular weight is 251 g/mol. The molecule has 3 rings (SSSR count). The van der Waals surface area contributed by atoms with E-state index in [0.717, 1.165) is 18.1 Å². The van der Waals surface area contributed by atoms with Crippen LogP contribution in [0.1, 0.15) is 45.4 Å². The Morgan fingerprint density at radius 2 is 1.78 bits per heavy atom. The van der Waals surface area contributed by atoms with Gasteiger partial charge in [-0.15, -0.1) is 0 Å². The molecule has 0 aromatic carbocycles. The molecule has 3 heteroatoms. The molecule has 1 N–H and O–H groups in total. The lowest BCUT2D eigenvalue weighted by molar-refractivity contribution is 0.174. The van der Waals surface area contributed by atoms with E-state index in [4.69, 9.17) is 0 Å². The first kappa shape index (κ1) is 12.9. The van der Waals surface area contributed by atoms with Crippen molar-refractivity contribution in [3.05, 3.63) is 0 Å². The van der Waals surface area contributed by atoms with Crippen molar-refractivity contribution in [2.75, 3.05) is 32.7 Å². The SMILES string of the molecule is CC(CNC1CCN2CCCCC12)N1CCCC1. The van der Waals surface area contributed by atoms with Gasteiger partial charge in [0.1, 0.15) is 0 Å². The Morgan fingerprint density at radius 3 is 2.61 bits per heavy atom. The molecule has 3 nitrogen and oxygen atoms in total. The Bertz CT molecular complexity index is 262. The van der Waals surface area contributed by atoms with Crippen molar-refractivity contribution in [1.29, 1.82) is 0 Å². The molecule has 0 radical (unpaired) electrons. The molecule has 3 aliphatic rings. The lowest BCUT2D eigenvalue weighted by atomic mass is 9.99. The van der Waals surface area contributed by atoms with E-state index in [0.29, 0.717) is 0 Å². The van der Waals surface area contributed by atoms with Crippen molar-refractivity contribution < 1.29 is 0 Å². The van der Waals surface area contributed by atoms with Crippen LogP contribution >= 0.6 is 0 Å². The number of nitrogens with zero attached hydrogens (tertiary/aromatic N) is 2. The highest BCUT2D eigenvalue weighted by molar-refractivity contribution is 4.94. The molecule has 3 unspecified atom stereocenters. The average Bonchev–Trinajstić information content (AvgIpc) is 3.06. The number of rotatable bonds is 4. The van der Waals surface area contributed by atoms with E-state index in [1.165, 1.54) is 71.2 Å². The van der Waals surface area contributed by atoms with Crippen molar-refractivity contribution in [2.45, 2.75) is 63.6 Å². The maximum atomic E-state index is 3.87. The molecule has 3 atom stereocenters. The van der Waals surface area contributed by atoms with Gasteiger partial charge in [-0.3, -0.25) is 9.80 Å². The van der Waals surface area contributed by atoms with Crippen LogP contribution in [0.15, 0.2) is 0 Å². The normalized spacial score (nSPS) is 35.8. The number of piperidine rings is 1. The summed E-state index contributed by atoms with van der Waals surface area (Å²) in [5.74, 6) is 0. The van der Waals surface area contributed by atoms with Crippen LogP contribution in [0.2, 0.25) is 0 Å². The topological polar surface area (TPSA) is 18.5 Å².